The first-order valence-corrected chi connectivity index (χ1v) is 9.68. The quantitative estimate of drug-likeness (QED) is 0.560. The average Bonchev–Trinajstić information content (AvgIpc) is 3.20. The molecule has 0 aliphatic heterocycles. The highest BCUT2D eigenvalue weighted by Gasteiger charge is 2.22. The molecule has 1 atom stereocenters. The lowest BCUT2D eigenvalue weighted by molar-refractivity contribution is 0.0941. The van der Waals surface area contributed by atoms with E-state index in [1.165, 1.54) is 12.1 Å². The Bertz CT molecular complexity index is 1260. The highest BCUT2D eigenvalue weighted by Crippen LogP contribution is 2.26. The molecular weight excluding hydrogens is 383 g/mol. The van der Waals surface area contributed by atoms with Gasteiger partial charge in [0.25, 0.3) is 5.91 Å². The fraction of sp³-hybridized carbons (Fsp3) is 0.273. The van der Waals surface area contributed by atoms with Gasteiger partial charge in [0.15, 0.2) is 5.65 Å². The molecule has 1 N–H and O–H groups in total. The van der Waals surface area contributed by atoms with E-state index in [0.717, 1.165) is 11.3 Å². The topological polar surface area (TPSA) is 77.6 Å². The van der Waals surface area contributed by atoms with Crippen LogP contribution in [-0.2, 0) is 7.05 Å². The van der Waals surface area contributed by atoms with Gasteiger partial charge in [0, 0.05) is 24.5 Å². The number of rotatable bonds is 4. The summed E-state index contributed by atoms with van der Waals surface area (Å²) in [4.78, 5) is 17.8. The normalized spacial score (nSPS) is 12.3. The molecule has 0 spiro atoms. The fourth-order valence-electron chi connectivity index (χ4n) is 3.75. The van der Waals surface area contributed by atoms with Crippen LogP contribution in [0.5, 0.6) is 0 Å². The van der Waals surface area contributed by atoms with E-state index in [1.54, 1.807) is 27.6 Å². The molecule has 3 heterocycles. The number of aryl methyl sites for hydroxylation is 4. The molecule has 1 amide bonds. The van der Waals surface area contributed by atoms with Crippen molar-refractivity contribution in [1.29, 1.82) is 0 Å². The maximum Gasteiger partial charge on any atom is 0.252 e. The number of nitrogens with zero attached hydrogens (tertiary/aromatic N) is 5. The van der Waals surface area contributed by atoms with Crippen molar-refractivity contribution in [3.63, 3.8) is 0 Å². The van der Waals surface area contributed by atoms with Crippen molar-refractivity contribution in [1.82, 2.24) is 29.9 Å². The van der Waals surface area contributed by atoms with Crippen LogP contribution < -0.4 is 5.32 Å². The molecule has 3 aromatic heterocycles. The molecular formula is C22H23FN6O. The summed E-state index contributed by atoms with van der Waals surface area (Å²) in [6.45, 7) is 7.53. The third kappa shape index (κ3) is 3.45. The van der Waals surface area contributed by atoms with Crippen LogP contribution in [0, 0.1) is 26.6 Å². The van der Waals surface area contributed by atoms with Crippen molar-refractivity contribution in [2.45, 2.75) is 33.7 Å². The third-order valence-corrected chi connectivity index (χ3v) is 5.12. The monoisotopic (exact) mass is 406 g/mol. The van der Waals surface area contributed by atoms with Crippen LogP contribution in [0.2, 0.25) is 0 Å². The predicted molar refractivity (Wildman–Crippen MR) is 112 cm³/mol. The minimum atomic E-state index is -0.323. The van der Waals surface area contributed by atoms with Crippen LogP contribution in [0.4, 0.5) is 4.39 Å². The lowest BCUT2D eigenvalue weighted by atomic mass is 10.1. The van der Waals surface area contributed by atoms with Crippen LogP contribution in [-0.4, -0.2) is 30.5 Å². The van der Waals surface area contributed by atoms with Crippen LogP contribution in [0.1, 0.15) is 46.0 Å². The lowest BCUT2D eigenvalue weighted by Crippen LogP contribution is -2.27. The minimum Gasteiger partial charge on any atom is -0.345 e. The summed E-state index contributed by atoms with van der Waals surface area (Å²) in [6, 6.07) is 7.58. The largest absolute Gasteiger partial charge is 0.345 e. The third-order valence-electron chi connectivity index (χ3n) is 5.12. The molecule has 4 rings (SSSR count). The van der Waals surface area contributed by atoms with E-state index in [2.05, 4.69) is 20.5 Å². The standard InChI is InChI=1S/C22H23FN6O/c1-12-10-18(22(30)25-13(2)19-11-28(5)26-14(19)3)20-15(4)27-29(21(20)24-12)17-8-6-16(23)7-9-17/h6-11,13H,1-5H3,(H,25,30). The molecule has 8 heteroatoms. The number of amides is 1. The number of aromatic nitrogens is 5. The number of pyridine rings is 1. The molecule has 1 aromatic carbocycles. The second-order valence-electron chi connectivity index (χ2n) is 7.52. The summed E-state index contributed by atoms with van der Waals surface area (Å²) in [5, 5.41) is 12.7. The SMILES string of the molecule is Cc1cc(C(=O)NC(C)c2cn(C)nc2C)c2c(C)nn(-c3ccc(F)cc3)c2n1. The number of nitrogens with one attached hydrogen (secondary N) is 1. The molecule has 0 aliphatic rings. The molecule has 0 aliphatic carbocycles. The van der Waals surface area contributed by atoms with Crippen LogP contribution in [0.15, 0.2) is 36.5 Å². The number of hydrogen-bond donors (Lipinski definition) is 1. The fourth-order valence-corrected chi connectivity index (χ4v) is 3.75. The Morgan fingerprint density at radius 3 is 2.43 bits per heavy atom. The van der Waals surface area contributed by atoms with Gasteiger partial charge in [0.2, 0.25) is 0 Å². The molecule has 7 nitrogen and oxygen atoms in total. The summed E-state index contributed by atoms with van der Waals surface area (Å²) >= 11 is 0. The molecule has 4 aromatic rings. The molecule has 154 valence electrons. The van der Waals surface area contributed by atoms with Gasteiger partial charge in [0.05, 0.1) is 34.1 Å². The van der Waals surface area contributed by atoms with Gasteiger partial charge in [-0.1, -0.05) is 0 Å². The van der Waals surface area contributed by atoms with Crippen molar-refractivity contribution in [2.75, 3.05) is 0 Å². The van der Waals surface area contributed by atoms with E-state index in [4.69, 9.17) is 0 Å². The Morgan fingerprint density at radius 2 is 1.80 bits per heavy atom. The van der Waals surface area contributed by atoms with E-state index in [9.17, 15) is 9.18 Å². The maximum absolute atomic E-state index is 13.3. The minimum absolute atomic E-state index is 0.206. The zero-order chi connectivity index (χ0) is 21.6. The molecule has 0 fully saturated rings. The molecule has 0 saturated heterocycles. The maximum atomic E-state index is 13.3. The number of fused-ring (bicyclic) bond motifs is 1. The number of carbonyl (C=O) groups is 1. The van der Waals surface area contributed by atoms with Crippen molar-refractivity contribution in [3.8, 4) is 5.69 Å². The smallest absolute Gasteiger partial charge is 0.252 e. The molecule has 30 heavy (non-hydrogen) atoms. The Morgan fingerprint density at radius 1 is 1.10 bits per heavy atom. The number of hydrogen-bond acceptors (Lipinski definition) is 4. The van der Waals surface area contributed by atoms with Gasteiger partial charge in [-0.25, -0.2) is 14.1 Å². The Labute approximate surface area is 173 Å². The van der Waals surface area contributed by atoms with Crippen LogP contribution in [0.3, 0.4) is 0 Å². The zero-order valence-electron chi connectivity index (χ0n) is 17.6. The number of benzene rings is 1. The number of carbonyl (C=O) groups excluding carboxylic acids is 1. The van der Waals surface area contributed by atoms with Gasteiger partial charge in [-0.3, -0.25) is 9.48 Å². The number of halogens is 1. The van der Waals surface area contributed by atoms with Gasteiger partial charge in [-0.2, -0.15) is 10.2 Å². The Kier molecular flexibility index (Phi) is 4.85. The summed E-state index contributed by atoms with van der Waals surface area (Å²) < 4.78 is 16.7. The van der Waals surface area contributed by atoms with Gasteiger partial charge in [0.1, 0.15) is 5.82 Å². The second-order valence-corrected chi connectivity index (χ2v) is 7.52. The van der Waals surface area contributed by atoms with E-state index >= 15 is 0 Å². The first-order chi connectivity index (χ1) is 14.2. The zero-order valence-corrected chi connectivity index (χ0v) is 17.6. The molecule has 0 radical (unpaired) electrons. The molecule has 1 unspecified atom stereocenters. The summed E-state index contributed by atoms with van der Waals surface area (Å²) in [5.41, 5.74) is 4.97. The van der Waals surface area contributed by atoms with E-state index in [0.29, 0.717) is 33.7 Å². The lowest BCUT2D eigenvalue weighted by Gasteiger charge is -2.14. The second kappa shape index (κ2) is 7.37. The first kappa shape index (κ1) is 19.8. The predicted octanol–water partition coefficient (Wildman–Crippen LogP) is 3.71. The van der Waals surface area contributed by atoms with Gasteiger partial charge in [-0.15, -0.1) is 0 Å². The van der Waals surface area contributed by atoms with Crippen LogP contribution in [0.25, 0.3) is 16.7 Å². The highest BCUT2D eigenvalue weighted by atomic mass is 19.1. The first-order valence-electron chi connectivity index (χ1n) is 9.68. The van der Waals surface area contributed by atoms with Crippen molar-refractivity contribution < 1.29 is 9.18 Å². The molecule has 0 saturated carbocycles. The summed E-state index contributed by atoms with van der Waals surface area (Å²) in [6.07, 6.45) is 1.91. The Hall–Kier alpha value is -3.55. The molecule has 0 bridgehead atoms. The van der Waals surface area contributed by atoms with E-state index in [-0.39, 0.29) is 17.8 Å². The van der Waals surface area contributed by atoms with Gasteiger partial charge >= 0.3 is 0 Å². The van der Waals surface area contributed by atoms with E-state index in [1.807, 2.05) is 40.9 Å². The van der Waals surface area contributed by atoms with Crippen molar-refractivity contribution >= 4 is 16.9 Å². The van der Waals surface area contributed by atoms with E-state index < -0.39 is 0 Å². The average molecular weight is 406 g/mol. The van der Waals surface area contributed by atoms with Crippen molar-refractivity contribution in [3.05, 3.63) is 70.6 Å². The summed E-state index contributed by atoms with van der Waals surface area (Å²) in [5.74, 6) is -0.529. The highest BCUT2D eigenvalue weighted by molar-refractivity contribution is 6.07. The van der Waals surface area contributed by atoms with Crippen LogP contribution >= 0.6 is 0 Å². The van der Waals surface area contributed by atoms with Crippen molar-refractivity contribution in [2.24, 2.45) is 7.05 Å². The van der Waals surface area contributed by atoms with Gasteiger partial charge in [-0.05, 0) is 58.0 Å². The Balaban J connectivity index is 1.76. The summed E-state index contributed by atoms with van der Waals surface area (Å²) in [7, 11) is 1.86. The van der Waals surface area contributed by atoms with Gasteiger partial charge < -0.3 is 5.32 Å².